The lowest BCUT2D eigenvalue weighted by atomic mass is 9.99. The third-order valence-corrected chi connectivity index (χ3v) is 5.00. The summed E-state index contributed by atoms with van der Waals surface area (Å²) in [6, 6.07) is 6.61. The lowest BCUT2D eigenvalue weighted by molar-refractivity contribution is -0.140. The molecule has 1 aromatic heterocycles. The zero-order valence-electron chi connectivity index (χ0n) is 15.9. The average Bonchev–Trinajstić information content (AvgIpc) is 3.33. The third kappa shape index (κ3) is 3.74. The second-order valence-electron chi connectivity index (χ2n) is 6.95. The van der Waals surface area contributed by atoms with Gasteiger partial charge in [0.25, 0.3) is 5.89 Å². The Morgan fingerprint density at radius 1 is 1.06 bits per heavy atom. The van der Waals surface area contributed by atoms with E-state index >= 15 is 0 Å². The number of nitrogens with zero attached hydrogens (tertiary/aromatic N) is 4. The maximum Gasteiger partial charge on any atom is 0.419 e. The minimum Gasteiger partial charge on any atom is -0.363 e. The Kier molecular flexibility index (Phi) is 5.07. The first-order valence-electron chi connectivity index (χ1n) is 9.07. The number of aromatic nitrogens is 2. The van der Waals surface area contributed by atoms with E-state index in [1.54, 1.807) is 6.07 Å². The summed E-state index contributed by atoms with van der Waals surface area (Å²) < 4.78 is 98.3. The fraction of sp³-hybridized carbons (Fsp3) is 0.250. The molecule has 1 aliphatic heterocycles. The SMILES string of the molecule is N#Cc1ccc2c(c1C(F)(F)F)CCN2Cc1noc(-c2cccc(C(F)(F)F)c2F)n1. The molecule has 2 heterocycles. The highest BCUT2D eigenvalue weighted by Crippen LogP contribution is 2.42. The van der Waals surface area contributed by atoms with Crippen LogP contribution in [-0.4, -0.2) is 16.7 Å². The Bertz CT molecular complexity index is 1220. The van der Waals surface area contributed by atoms with Gasteiger partial charge in [0.15, 0.2) is 5.82 Å². The molecule has 0 saturated heterocycles. The van der Waals surface area contributed by atoms with Gasteiger partial charge in [-0.25, -0.2) is 4.39 Å². The molecule has 1 aliphatic rings. The van der Waals surface area contributed by atoms with Gasteiger partial charge >= 0.3 is 12.4 Å². The molecular weight excluding hydrogens is 445 g/mol. The van der Waals surface area contributed by atoms with Crippen molar-refractivity contribution in [3.8, 4) is 17.5 Å². The summed E-state index contributed by atoms with van der Waals surface area (Å²) >= 11 is 0. The van der Waals surface area contributed by atoms with Crippen molar-refractivity contribution in [2.75, 3.05) is 11.4 Å². The number of nitriles is 1. The summed E-state index contributed by atoms with van der Waals surface area (Å²) in [5.41, 5.74) is -3.33. The van der Waals surface area contributed by atoms with Crippen LogP contribution in [0.4, 0.5) is 36.4 Å². The first-order valence-corrected chi connectivity index (χ1v) is 9.07. The Morgan fingerprint density at radius 2 is 1.81 bits per heavy atom. The number of benzene rings is 2. The topological polar surface area (TPSA) is 66.0 Å². The van der Waals surface area contributed by atoms with Gasteiger partial charge in [0.2, 0.25) is 0 Å². The van der Waals surface area contributed by atoms with Crippen molar-refractivity contribution in [3.05, 3.63) is 64.2 Å². The molecule has 5 nitrogen and oxygen atoms in total. The Hall–Kier alpha value is -3.62. The van der Waals surface area contributed by atoms with Crippen LogP contribution in [0, 0.1) is 17.1 Å². The van der Waals surface area contributed by atoms with Crippen molar-refractivity contribution in [1.29, 1.82) is 5.26 Å². The van der Waals surface area contributed by atoms with Crippen LogP contribution in [0.25, 0.3) is 11.5 Å². The van der Waals surface area contributed by atoms with Crippen molar-refractivity contribution in [2.24, 2.45) is 0 Å². The Balaban J connectivity index is 1.63. The van der Waals surface area contributed by atoms with Gasteiger partial charge in [-0.1, -0.05) is 11.2 Å². The molecule has 0 saturated carbocycles. The van der Waals surface area contributed by atoms with Crippen LogP contribution in [0.15, 0.2) is 34.9 Å². The Labute approximate surface area is 175 Å². The highest BCUT2D eigenvalue weighted by molar-refractivity contribution is 5.65. The standard InChI is InChI=1S/C20H11F7N4O/c21-17-12(2-1-3-13(17)19(22,23)24)18-29-15(30-32-18)9-31-7-6-11-14(31)5-4-10(8-28)16(11)20(25,26)27/h1-5H,6-7,9H2. The van der Waals surface area contributed by atoms with Gasteiger partial charge in [-0.15, -0.1) is 0 Å². The summed E-state index contributed by atoms with van der Waals surface area (Å²) in [7, 11) is 0. The molecule has 0 spiro atoms. The van der Waals surface area contributed by atoms with Crippen LogP contribution in [0.2, 0.25) is 0 Å². The van der Waals surface area contributed by atoms with Gasteiger partial charge < -0.3 is 9.42 Å². The molecule has 4 rings (SSSR count). The number of hydrogen-bond donors (Lipinski definition) is 0. The van der Waals surface area contributed by atoms with E-state index in [4.69, 9.17) is 9.78 Å². The van der Waals surface area contributed by atoms with Crippen LogP contribution >= 0.6 is 0 Å². The minimum absolute atomic E-state index is 0.0205. The van der Waals surface area contributed by atoms with Gasteiger partial charge in [-0.2, -0.15) is 36.6 Å². The van der Waals surface area contributed by atoms with E-state index in [2.05, 4.69) is 10.1 Å². The number of alkyl halides is 6. The fourth-order valence-corrected chi connectivity index (χ4v) is 3.65. The van der Waals surface area contributed by atoms with E-state index in [-0.39, 0.29) is 36.6 Å². The molecule has 0 N–H and O–H groups in total. The predicted octanol–water partition coefficient (Wildman–Crippen LogP) is 5.35. The lowest BCUT2D eigenvalue weighted by Gasteiger charge is -2.19. The summed E-state index contributed by atoms with van der Waals surface area (Å²) in [6.07, 6.45) is -9.61. The molecule has 3 aromatic rings. The molecular formula is C20H11F7N4O. The monoisotopic (exact) mass is 456 g/mol. The van der Waals surface area contributed by atoms with E-state index in [1.165, 1.54) is 11.0 Å². The number of fused-ring (bicyclic) bond motifs is 1. The van der Waals surface area contributed by atoms with Crippen LogP contribution < -0.4 is 4.90 Å². The highest BCUT2D eigenvalue weighted by Gasteiger charge is 2.40. The zero-order chi connectivity index (χ0) is 23.3. The average molecular weight is 456 g/mol. The van der Waals surface area contributed by atoms with Crippen LogP contribution in [-0.2, 0) is 25.3 Å². The number of halogens is 7. The molecule has 0 radical (unpaired) electrons. The maximum absolute atomic E-state index is 14.3. The third-order valence-electron chi connectivity index (χ3n) is 5.00. The number of anilines is 1. The molecule has 0 amide bonds. The second-order valence-corrected chi connectivity index (χ2v) is 6.95. The molecule has 12 heteroatoms. The van der Waals surface area contributed by atoms with Crippen LogP contribution in [0.5, 0.6) is 0 Å². The number of rotatable bonds is 3. The van der Waals surface area contributed by atoms with Crippen LogP contribution in [0.3, 0.4) is 0 Å². The van der Waals surface area contributed by atoms with Crippen LogP contribution in [0.1, 0.15) is 28.1 Å². The normalized spacial score (nSPS) is 13.9. The van der Waals surface area contributed by atoms with E-state index in [9.17, 15) is 30.7 Å². The van der Waals surface area contributed by atoms with Crippen molar-refractivity contribution < 1.29 is 35.3 Å². The maximum atomic E-state index is 14.3. The summed E-state index contributed by atoms with van der Waals surface area (Å²) in [5.74, 6) is -2.11. The first-order chi connectivity index (χ1) is 15.0. The smallest absolute Gasteiger partial charge is 0.363 e. The molecule has 2 aromatic carbocycles. The summed E-state index contributed by atoms with van der Waals surface area (Å²) in [6.45, 7) is 0.0371. The van der Waals surface area contributed by atoms with Crippen molar-refractivity contribution >= 4 is 5.69 Å². The molecule has 0 fully saturated rings. The minimum atomic E-state index is -4.92. The molecule has 32 heavy (non-hydrogen) atoms. The van der Waals surface area contributed by atoms with Gasteiger partial charge in [0.1, 0.15) is 5.82 Å². The van der Waals surface area contributed by atoms with Crippen molar-refractivity contribution in [1.82, 2.24) is 10.1 Å². The van der Waals surface area contributed by atoms with E-state index < -0.39 is 46.3 Å². The molecule has 0 atom stereocenters. The Morgan fingerprint density at radius 3 is 2.47 bits per heavy atom. The summed E-state index contributed by atoms with van der Waals surface area (Å²) in [4.78, 5) is 5.42. The quantitative estimate of drug-likeness (QED) is 0.498. The van der Waals surface area contributed by atoms with Gasteiger partial charge in [0.05, 0.1) is 34.9 Å². The van der Waals surface area contributed by atoms with E-state index in [0.717, 1.165) is 18.2 Å². The lowest BCUT2D eigenvalue weighted by Crippen LogP contribution is -2.20. The van der Waals surface area contributed by atoms with E-state index in [0.29, 0.717) is 6.07 Å². The molecule has 0 unspecified atom stereocenters. The number of hydrogen-bond acceptors (Lipinski definition) is 5. The van der Waals surface area contributed by atoms with E-state index in [1.807, 2.05) is 0 Å². The first kappa shape index (κ1) is 21.6. The second kappa shape index (κ2) is 7.51. The van der Waals surface area contributed by atoms with Crippen molar-refractivity contribution in [2.45, 2.75) is 25.3 Å². The predicted molar refractivity (Wildman–Crippen MR) is 95.6 cm³/mol. The van der Waals surface area contributed by atoms with Gasteiger partial charge in [0, 0.05) is 12.2 Å². The highest BCUT2D eigenvalue weighted by atomic mass is 19.4. The largest absolute Gasteiger partial charge is 0.419 e. The van der Waals surface area contributed by atoms with Gasteiger partial charge in [-0.3, -0.25) is 0 Å². The molecule has 0 aliphatic carbocycles. The molecule has 0 bridgehead atoms. The fourth-order valence-electron chi connectivity index (χ4n) is 3.65. The summed E-state index contributed by atoms with van der Waals surface area (Å²) in [5, 5.41) is 12.6. The molecule has 166 valence electrons. The van der Waals surface area contributed by atoms with Gasteiger partial charge in [-0.05, 0) is 36.2 Å². The van der Waals surface area contributed by atoms with Crippen molar-refractivity contribution in [3.63, 3.8) is 0 Å². The zero-order valence-corrected chi connectivity index (χ0v) is 15.9.